The third-order valence-electron chi connectivity index (χ3n) is 4.31. The largest absolute Gasteiger partial charge is 0.465 e. The van der Waals surface area contributed by atoms with Crippen molar-refractivity contribution in [2.75, 3.05) is 12.4 Å². The molecule has 1 aromatic heterocycles. The van der Waals surface area contributed by atoms with Crippen LogP contribution >= 0.6 is 0 Å². The number of aryl methyl sites for hydroxylation is 3. The van der Waals surface area contributed by atoms with Crippen molar-refractivity contribution in [3.8, 4) is 0 Å². The van der Waals surface area contributed by atoms with Gasteiger partial charge in [0.15, 0.2) is 0 Å². The van der Waals surface area contributed by atoms with E-state index in [1.54, 1.807) is 18.2 Å². The number of esters is 1. The van der Waals surface area contributed by atoms with Crippen LogP contribution in [0.3, 0.4) is 0 Å². The van der Waals surface area contributed by atoms with E-state index in [0.717, 1.165) is 22.0 Å². The Labute approximate surface area is 152 Å². The van der Waals surface area contributed by atoms with E-state index in [2.05, 4.69) is 10.3 Å². The number of nitrogens with one attached hydrogen (secondary N) is 1. The second-order valence-electron chi connectivity index (χ2n) is 6.29. The molecule has 0 saturated heterocycles. The van der Waals surface area contributed by atoms with E-state index < -0.39 is 5.97 Å². The number of pyridine rings is 1. The van der Waals surface area contributed by atoms with E-state index in [0.29, 0.717) is 22.5 Å². The summed E-state index contributed by atoms with van der Waals surface area (Å²) in [5, 5.41) is 3.80. The van der Waals surface area contributed by atoms with E-state index in [1.165, 1.54) is 7.11 Å². The molecule has 1 N–H and O–H groups in total. The molecular weight excluding hydrogens is 328 g/mol. The molecule has 0 spiro atoms. The fourth-order valence-electron chi connectivity index (χ4n) is 2.81. The number of hydrogen-bond acceptors (Lipinski definition) is 4. The topological polar surface area (TPSA) is 68.3 Å². The number of aromatic nitrogens is 1. The summed E-state index contributed by atoms with van der Waals surface area (Å²) in [7, 11) is 1.33. The van der Waals surface area contributed by atoms with Gasteiger partial charge in [0.2, 0.25) is 0 Å². The van der Waals surface area contributed by atoms with Crippen LogP contribution in [0.2, 0.25) is 0 Å². The van der Waals surface area contributed by atoms with Gasteiger partial charge in [-0.3, -0.25) is 9.78 Å². The highest BCUT2D eigenvalue weighted by Gasteiger charge is 2.15. The van der Waals surface area contributed by atoms with E-state index in [4.69, 9.17) is 4.74 Å². The van der Waals surface area contributed by atoms with E-state index in [1.807, 2.05) is 45.0 Å². The summed E-state index contributed by atoms with van der Waals surface area (Å²) in [5.74, 6) is -0.706. The van der Waals surface area contributed by atoms with Crippen molar-refractivity contribution in [3.63, 3.8) is 0 Å². The average molecular weight is 348 g/mol. The number of amides is 1. The first-order valence-corrected chi connectivity index (χ1v) is 8.27. The fourth-order valence-corrected chi connectivity index (χ4v) is 2.81. The molecule has 0 atom stereocenters. The Balaban J connectivity index is 1.96. The van der Waals surface area contributed by atoms with Crippen LogP contribution in [0.4, 0.5) is 5.69 Å². The molecule has 1 amide bonds. The van der Waals surface area contributed by atoms with Crippen molar-refractivity contribution in [1.29, 1.82) is 0 Å². The molecule has 1 heterocycles. The third-order valence-corrected chi connectivity index (χ3v) is 4.31. The third kappa shape index (κ3) is 3.42. The van der Waals surface area contributed by atoms with Gasteiger partial charge >= 0.3 is 5.97 Å². The molecule has 3 rings (SSSR count). The molecule has 0 radical (unpaired) electrons. The minimum atomic E-state index is -0.445. The Morgan fingerprint density at radius 3 is 2.50 bits per heavy atom. The molecule has 2 aromatic carbocycles. The second kappa shape index (κ2) is 6.96. The van der Waals surface area contributed by atoms with Crippen LogP contribution in [-0.4, -0.2) is 24.0 Å². The van der Waals surface area contributed by atoms with Gasteiger partial charge in [-0.05, 0) is 56.7 Å². The molecule has 5 nitrogen and oxygen atoms in total. The van der Waals surface area contributed by atoms with Crippen LogP contribution in [0.25, 0.3) is 10.9 Å². The molecule has 0 aliphatic rings. The lowest BCUT2D eigenvalue weighted by atomic mass is 10.1. The molecule has 0 unspecified atom stereocenters. The predicted octanol–water partition coefficient (Wildman–Crippen LogP) is 4.20. The first-order valence-electron chi connectivity index (χ1n) is 8.27. The van der Waals surface area contributed by atoms with Crippen molar-refractivity contribution < 1.29 is 14.3 Å². The van der Waals surface area contributed by atoms with Crippen molar-refractivity contribution in [3.05, 3.63) is 70.4 Å². The zero-order valence-electron chi connectivity index (χ0n) is 15.2. The van der Waals surface area contributed by atoms with Gasteiger partial charge in [0, 0.05) is 11.1 Å². The lowest BCUT2D eigenvalue weighted by molar-refractivity contribution is 0.0600. The number of rotatable bonds is 3. The molecule has 0 bridgehead atoms. The first kappa shape index (κ1) is 17.6. The monoisotopic (exact) mass is 348 g/mol. The molecule has 132 valence electrons. The van der Waals surface area contributed by atoms with Gasteiger partial charge in [-0.2, -0.15) is 0 Å². The Bertz CT molecular complexity index is 1030. The fraction of sp³-hybridized carbons (Fsp3) is 0.190. The van der Waals surface area contributed by atoms with E-state index in [-0.39, 0.29) is 5.91 Å². The van der Waals surface area contributed by atoms with Gasteiger partial charge in [0.1, 0.15) is 0 Å². The van der Waals surface area contributed by atoms with Gasteiger partial charge in [-0.25, -0.2) is 4.79 Å². The summed E-state index contributed by atoms with van der Waals surface area (Å²) in [4.78, 5) is 29.0. The van der Waals surface area contributed by atoms with Crippen molar-refractivity contribution in [2.45, 2.75) is 20.8 Å². The number of fused-ring (bicyclic) bond motifs is 1. The lowest BCUT2D eigenvalue weighted by Crippen LogP contribution is -2.15. The number of benzene rings is 2. The number of ether oxygens (including phenoxy) is 1. The van der Waals surface area contributed by atoms with E-state index in [9.17, 15) is 9.59 Å². The van der Waals surface area contributed by atoms with Crippen LogP contribution in [0.1, 0.15) is 37.5 Å². The quantitative estimate of drug-likeness (QED) is 0.720. The van der Waals surface area contributed by atoms with Crippen LogP contribution in [0.15, 0.2) is 42.5 Å². The summed E-state index contributed by atoms with van der Waals surface area (Å²) in [5.41, 5.74) is 4.93. The predicted molar refractivity (Wildman–Crippen MR) is 102 cm³/mol. The molecule has 0 saturated carbocycles. The summed E-state index contributed by atoms with van der Waals surface area (Å²) >= 11 is 0. The maximum absolute atomic E-state index is 12.8. The van der Waals surface area contributed by atoms with Crippen LogP contribution in [0.5, 0.6) is 0 Å². The normalized spacial score (nSPS) is 10.6. The number of anilines is 1. The minimum Gasteiger partial charge on any atom is -0.465 e. The number of methoxy groups -OCH3 is 1. The summed E-state index contributed by atoms with van der Waals surface area (Å²) < 4.78 is 4.74. The maximum atomic E-state index is 12.8. The Morgan fingerprint density at radius 2 is 1.77 bits per heavy atom. The summed E-state index contributed by atoms with van der Waals surface area (Å²) in [6, 6.07) is 12.9. The van der Waals surface area contributed by atoms with Gasteiger partial charge in [0.25, 0.3) is 5.91 Å². The number of carbonyl (C=O) groups excluding carboxylic acids is 2. The highest BCUT2D eigenvalue weighted by Crippen LogP contribution is 2.22. The van der Waals surface area contributed by atoms with Crippen LogP contribution in [-0.2, 0) is 4.74 Å². The second-order valence-corrected chi connectivity index (χ2v) is 6.29. The van der Waals surface area contributed by atoms with Crippen LogP contribution in [0, 0.1) is 20.8 Å². The number of nitrogens with zero attached hydrogens (tertiary/aromatic N) is 1. The van der Waals surface area contributed by atoms with Gasteiger partial charge in [0.05, 0.1) is 29.4 Å². The SMILES string of the molecule is COC(=O)c1ccc(C)c(NC(=O)c2cc3cc(C)ccc3nc2C)c1. The summed E-state index contributed by atoms with van der Waals surface area (Å²) in [6.07, 6.45) is 0. The first-order chi connectivity index (χ1) is 12.4. The zero-order chi connectivity index (χ0) is 18.8. The Hall–Kier alpha value is -3.21. The van der Waals surface area contributed by atoms with Gasteiger partial charge in [-0.15, -0.1) is 0 Å². The lowest BCUT2D eigenvalue weighted by Gasteiger charge is -2.12. The summed E-state index contributed by atoms with van der Waals surface area (Å²) in [6.45, 7) is 5.68. The number of hydrogen-bond donors (Lipinski definition) is 1. The highest BCUT2D eigenvalue weighted by atomic mass is 16.5. The molecule has 5 heteroatoms. The van der Waals surface area contributed by atoms with Gasteiger partial charge in [-0.1, -0.05) is 17.7 Å². The molecule has 0 aliphatic heterocycles. The maximum Gasteiger partial charge on any atom is 0.337 e. The molecule has 0 aliphatic carbocycles. The Morgan fingerprint density at radius 1 is 1.00 bits per heavy atom. The Kier molecular flexibility index (Phi) is 4.71. The number of carbonyl (C=O) groups is 2. The zero-order valence-corrected chi connectivity index (χ0v) is 15.2. The average Bonchev–Trinajstić information content (AvgIpc) is 2.62. The smallest absolute Gasteiger partial charge is 0.337 e. The van der Waals surface area contributed by atoms with E-state index >= 15 is 0 Å². The van der Waals surface area contributed by atoms with Crippen LogP contribution < -0.4 is 5.32 Å². The standard InChI is InChI=1S/C21H20N2O3/c1-12-5-8-18-16(9-12)10-17(14(3)22-18)20(24)23-19-11-15(21(25)26-4)7-6-13(19)2/h5-11H,1-4H3,(H,23,24). The molecule has 26 heavy (non-hydrogen) atoms. The van der Waals surface area contributed by atoms with Crippen molar-refractivity contribution in [2.24, 2.45) is 0 Å². The molecule has 3 aromatic rings. The molecule has 0 fully saturated rings. The minimum absolute atomic E-state index is 0.261. The molecular formula is C21H20N2O3. The van der Waals surface area contributed by atoms with Crippen molar-refractivity contribution >= 4 is 28.5 Å². The highest BCUT2D eigenvalue weighted by molar-refractivity contribution is 6.07. The van der Waals surface area contributed by atoms with Crippen molar-refractivity contribution in [1.82, 2.24) is 4.98 Å². The van der Waals surface area contributed by atoms with Gasteiger partial charge < -0.3 is 10.1 Å².